The smallest absolute Gasteiger partial charge is 0.207 e. The predicted molar refractivity (Wildman–Crippen MR) is 58.8 cm³/mol. The van der Waals surface area contributed by atoms with E-state index >= 15 is 0 Å². The summed E-state index contributed by atoms with van der Waals surface area (Å²) in [5.74, 6) is -0.569. The number of benzene rings is 1. The normalized spacial score (nSPS) is 12.2. The van der Waals surface area contributed by atoms with Crippen molar-refractivity contribution in [3.05, 3.63) is 28.8 Å². The van der Waals surface area contributed by atoms with Crippen LogP contribution >= 0.6 is 22.3 Å². The van der Waals surface area contributed by atoms with E-state index in [1.54, 1.807) is 0 Å². The van der Waals surface area contributed by atoms with Gasteiger partial charge >= 0.3 is 6.18 Å². The molecule has 98 valence electrons. The maximum absolute atomic E-state index is 12.7. The summed E-state index contributed by atoms with van der Waals surface area (Å²) >= 11 is 5.36. The first kappa shape index (κ1) is 15.1. The van der Waals surface area contributed by atoms with E-state index in [0.29, 0.717) is 6.07 Å². The van der Waals surface area contributed by atoms with Crippen molar-refractivity contribution >= 4 is 31.3 Å². The van der Waals surface area contributed by atoms with Gasteiger partial charge in [-0.3, -0.25) is 0 Å². The molecule has 0 saturated carbocycles. The molecule has 0 aliphatic carbocycles. The van der Waals surface area contributed by atoms with Gasteiger partial charge in [-0.15, -0.1) is 11.6 Å². The van der Waals surface area contributed by atoms with E-state index in [-0.39, 0.29) is 0 Å². The highest BCUT2D eigenvalue weighted by Gasteiger charge is 2.35. The van der Waals surface area contributed by atoms with Crippen molar-refractivity contribution in [3.8, 4) is 6.07 Å². The van der Waals surface area contributed by atoms with Gasteiger partial charge < -0.3 is 0 Å². The summed E-state index contributed by atoms with van der Waals surface area (Å²) in [6.45, 7) is 0. The monoisotopic (exact) mass is 317 g/mol. The third-order valence-corrected chi connectivity index (χ3v) is 3.67. The van der Waals surface area contributed by atoms with Gasteiger partial charge in [0.05, 0.1) is 22.1 Å². The second-order valence-electron chi connectivity index (χ2n) is 3.18. The molecule has 18 heavy (non-hydrogen) atoms. The van der Waals surface area contributed by atoms with Crippen LogP contribution in [0.2, 0.25) is 0 Å². The molecule has 0 radical (unpaired) electrons. The standard InChI is InChI=1S/C9H4Cl2F3NO2S/c10-3-7-5(4-15)1-6(18(11,16)17)2-8(7)9(12,13)14/h1-2H,3H2. The summed E-state index contributed by atoms with van der Waals surface area (Å²) in [5, 5.41) is 8.72. The predicted octanol–water partition coefficient (Wildman–Crippen LogP) is 3.24. The number of halogens is 5. The number of rotatable bonds is 2. The van der Waals surface area contributed by atoms with E-state index in [9.17, 15) is 21.6 Å². The summed E-state index contributed by atoms with van der Waals surface area (Å²) in [7, 11) is 0.602. The highest BCUT2D eigenvalue weighted by molar-refractivity contribution is 8.13. The second kappa shape index (κ2) is 4.96. The maximum Gasteiger partial charge on any atom is 0.416 e. The van der Waals surface area contributed by atoms with E-state index in [0.717, 1.165) is 6.07 Å². The average molecular weight is 318 g/mol. The molecule has 0 fully saturated rings. The molecule has 0 aliphatic heterocycles. The molecular weight excluding hydrogens is 314 g/mol. The molecule has 0 heterocycles. The largest absolute Gasteiger partial charge is 0.416 e. The van der Waals surface area contributed by atoms with Gasteiger partial charge in [0.25, 0.3) is 9.05 Å². The van der Waals surface area contributed by atoms with Crippen LogP contribution in [-0.4, -0.2) is 8.42 Å². The van der Waals surface area contributed by atoms with Crippen molar-refractivity contribution in [2.24, 2.45) is 0 Å². The summed E-state index contributed by atoms with van der Waals surface area (Å²) in [6.07, 6.45) is -4.83. The molecule has 0 bridgehead atoms. The number of alkyl halides is 4. The molecule has 0 spiro atoms. The summed E-state index contributed by atoms with van der Waals surface area (Å²) < 4.78 is 60.2. The molecule has 0 unspecified atom stereocenters. The SMILES string of the molecule is N#Cc1cc(S(=O)(=O)Cl)cc(C(F)(F)F)c1CCl. The van der Waals surface area contributed by atoms with Crippen molar-refractivity contribution in [2.75, 3.05) is 0 Å². The molecule has 3 nitrogen and oxygen atoms in total. The van der Waals surface area contributed by atoms with Gasteiger partial charge in [-0.25, -0.2) is 8.42 Å². The van der Waals surface area contributed by atoms with E-state index in [1.807, 2.05) is 0 Å². The Kier molecular flexibility index (Phi) is 4.15. The molecule has 0 N–H and O–H groups in total. The fourth-order valence-corrected chi connectivity index (χ4v) is 2.36. The summed E-state index contributed by atoms with van der Waals surface area (Å²) in [5.41, 5.74) is -2.23. The average Bonchev–Trinajstić information content (AvgIpc) is 2.24. The molecule has 0 atom stereocenters. The van der Waals surface area contributed by atoms with Crippen molar-refractivity contribution in [1.29, 1.82) is 5.26 Å². The van der Waals surface area contributed by atoms with Gasteiger partial charge in [-0.1, -0.05) is 0 Å². The lowest BCUT2D eigenvalue weighted by molar-refractivity contribution is -0.138. The zero-order valence-corrected chi connectivity index (χ0v) is 10.8. The maximum atomic E-state index is 12.7. The Hall–Kier alpha value is -0.970. The van der Waals surface area contributed by atoms with E-state index in [1.165, 1.54) is 6.07 Å². The fourth-order valence-electron chi connectivity index (χ4n) is 1.28. The first-order chi connectivity index (χ1) is 8.11. The highest BCUT2D eigenvalue weighted by Crippen LogP contribution is 2.36. The van der Waals surface area contributed by atoms with E-state index in [4.69, 9.17) is 27.5 Å². The molecule has 0 saturated heterocycles. The first-order valence-corrected chi connectivity index (χ1v) is 7.10. The van der Waals surface area contributed by atoms with Gasteiger partial charge in [0.2, 0.25) is 0 Å². The molecule has 0 amide bonds. The van der Waals surface area contributed by atoms with Gasteiger partial charge in [0, 0.05) is 16.6 Å². The minimum absolute atomic E-state index is 0.362. The molecule has 1 aromatic carbocycles. The van der Waals surface area contributed by atoms with Crippen LogP contribution < -0.4 is 0 Å². The van der Waals surface area contributed by atoms with Crippen molar-refractivity contribution in [2.45, 2.75) is 17.0 Å². The fraction of sp³-hybridized carbons (Fsp3) is 0.222. The van der Waals surface area contributed by atoms with E-state index < -0.39 is 42.7 Å². The van der Waals surface area contributed by atoms with Crippen LogP contribution in [0.15, 0.2) is 17.0 Å². The van der Waals surface area contributed by atoms with Crippen molar-refractivity contribution in [3.63, 3.8) is 0 Å². The number of hydrogen-bond donors (Lipinski definition) is 0. The second-order valence-corrected chi connectivity index (χ2v) is 6.01. The van der Waals surface area contributed by atoms with Crippen LogP contribution in [0.1, 0.15) is 16.7 Å². The highest BCUT2D eigenvalue weighted by atomic mass is 35.7. The quantitative estimate of drug-likeness (QED) is 0.621. The van der Waals surface area contributed by atoms with Crippen LogP contribution in [-0.2, 0) is 21.1 Å². The van der Waals surface area contributed by atoms with Gasteiger partial charge in [-0.2, -0.15) is 18.4 Å². The zero-order valence-electron chi connectivity index (χ0n) is 8.42. The van der Waals surface area contributed by atoms with Crippen molar-refractivity contribution in [1.82, 2.24) is 0 Å². The zero-order chi connectivity index (χ0) is 14.1. The van der Waals surface area contributed by atoms with Crippen LogP contribution in [0.3, 0.4) is 0 Å². The Morgan fingerprint density at radius 3 is 2.22 bits per heavy atom. The molecule has 0 aliphatic rings. The topological polar surface area (TPSA) is 57.9 Å². The van der Waals surface area contributed by atoms with Crippen molar-refractivity contribution < 1.29 is 21.6 Å². The van der Waals surface area contributed by atoms with Crippen LogP contribution in [0.25, 0.3) is 0 Å². The molecule has 1 rings (SSSR count). The third kappa shape index (κ3) is 3.07. The third-order valence-electron chi connectivity index (χ3n) is 2.06. The number of nitriles is 1. The first-order valence-electron chi connectivity index (χ1n) is 4.26. The lowest BCUT2D eigenvalue weighted by Crippen LogP contribution is -2.11. The van der Waals surface area contributed by atoms with Gasteiger partial charge in [0.1, 0.15) is 0 Å². The van der Waals surface area contributed by atoms with Crippen LogP contribution in [0.5, 0.6) is 0 Å². The lowest BCUT2D eigenvalue weighted by Gasteiger charge is -2.13. The minimum Gasteiger partial charge on any atom is -0.207 e. The Labute approximate surface area is 110 Å². The van der Waals surface area contributed by atoms with Gasteiger partial charge in [-0.05, 0) is 17.7 Å². The van der Waals surface area contributed by atoms with Crippen LogP contribution in [0, 0.1) is 11.3 Å². The Balaban J connectivity index is 3.74. The Morgan fingerprint density at radius 2 is 1.89 bits per heavy atom. The van der Waals surface area contributed by atoms with Gasteiger partial charge in [0.15, 0.2) is 0 Å². The van der Waals surface area contributed by atoms with Crippen LogP contribution in [0.4, 0.5) is 13.2 Å². The molecule has 0 aromatic heterocycles. The van der Waals surface area contributed by atoms with E-state index in [2.05, 4.69) is 0 Å². The lowest BCUT2D eigenvalue weighted by atomic mass is 10.0. The minimum atomic E-state index is -4.83. The summed E-state index contributed by atoms with van der Waals surface area (Å²) in [4.78, 5) is -0.790. The number of nitrogens with zero attached hydrogens (tertiary/aromatic N) is 1. The number of hydrogen-bond acceptors (Lipinski definition) is 3. The molecular formula is C9H4Cl2F3NO2S. The Bertz CT molecular complexity index is 620. The Morgan fingerprint density at radius 1 is 1.33 bits per heavy atom. The molecule has 9 heteroatoms. The molecule has 1 aromatic rings. The summed E-state index contributed by atoms with van der Waals surface area (Å²) in [6, 6.07) is 2.59.